The van der Waals surface area contributed by atoms with Gasteiger partial charge in [0, 0.05) is 53.4 Å². The van der Waals surface area contributed by atoms with Crippen LogP contribution in [0.4, 0.5) is 17.1 Å². The van der Waals surface area contributed by atoms with Crippen LogP contribution in [0.5, 0.6) is 5.75 Å². The molecular formula is C31H26ClN5O3. The van der Waals surface area contributed by atoms with Gasteiger partial charge in [-0.05, 0) is 71.7 Å². The largest absolute Gasteiger partial charge is 0.507 e. The first-order valence-corrected chi connectivity index (χ1v) is 13.8. The van der Waals surface area contributed by atoms with Crippen molar-refractivity contribution in [3.05, 3.63) is 95.4 Å². The summed E-state index contributed by atoms with van der Waals surface area (Å²) in [5.74, 6) is 0.389. The minimum Gasteiger partial charge on any atom is -0.507 e. The number of benzene rings is 3. The number of rotatable bonds is 5. The fraction of sp³-hybridized carbons (Fsp3) is 0.194. The molecule has 0 spiro atoms. The quantitative estimate of drug-likeness (QED) is 0.186. The number of amides is 2. The highest BCUT2D eigenvalue weighted by atomic mass is 35.5. The summed E-state index contributed by atoms with van der Waals surface area (Å²) in [5, 5.41) is 15.7. The number of fused-ring (bicyclic) bond motifs is 4. The van der Waals surface area contributed by atoms with E-state index < -0.39 is 0 Å². The number of halogens is 1. The molecule has 5 aromatic rings. The van der Waals surface area contributed by atoms with E-state index in [1.54, 1.807) is 64.2 Å². The molecular weight excluding hydrogens is 526 g/mol. The number of hydrogen-bond acceptors (Lipinski definition) is 5. The third-order valence-corrected chi connectivity index (χ3v) is 8.22. The van der Waals surface area contributed by atoms with Gasteiger partial charge in [0.2, 0.25) is 0 Å². The van der Waals surface area contributed by atoms with Crippen LogP contribution in [0.1, 0.15) is 56.7 Å². The Bertz CT molecular complexity index is 1830. The highest BCUT2D eigenvalue weighted by molar-refractivity contribution is 6.19. The Kier molecular flexibility index (Phi) is 5.68. The number of pyridine rings is 1. The molecule has 0 saturated heterocycles. The van der Waals surface area contributed by atoms with E-state index in [-0.39, 0.29) is 29.2 Å². The van der Waals surface area contributed by atoms with Crippen LogP contribution in [-0.4, -0.2) is 38.7 Å². The van der Waals surface area contributed by atoms with Crippen molar-refractivity contribution in [2.75, 3.05) is 28.4 Å². The summed E-state index contributed by atoms with van der Waals surface area (Å²) < 4.78 is 1.71. The third kappa shape index (κ3) is 4.03. The van der Waals surface area contributed by atoms with Gasteiger partial charge >= 0.3 is 0 Å². The first-order chi connectivity index (χ1) is 19.4. The summed E-state index contributed by atoms with van der Waals surface area (Å²) in [5.41, 5.74) is 11.1. The zero-order chi connectivity index (χ0) is 27.5. The van der Waals surface area contributed by atoms with E-state index in [4.69, 9.17) is 17.3 Å². The maximum absolute atomic E-state index is 13.8. The van der Waals surface area contributed by atoms with E-state index in [0.717, 1.165) is 29.2 Å². The molecule has 1 aliphatic carbocycles. The van der Waals surface area contributed by atoms with Crippen LogP contribution >= 0.6 is 11.6 Å². The number of aromatic hydroxyl groups is 1. The Labute approximate surface area is 235 Å². The average molecular weight is 552 g/mol. The highest BCUT2D eigenvalue weighted by Gasteiger charge is 2.38. The predicted molar refractivity (Wildman–Crippen MR) is 157 cm³/mol. The Balaban J connectivity index is 1.22. The predicted octanol–water partition coefficient (Wildman–Crippen LogP) is 5.89. The normalized spacial score (nSPS) is 16.4. The number of imidazole rings is 1. The third-order valence-electron chi connectivity index (χ3n) is 7.84. The van der Waals surface area contributed by atoms with Gasteiger partial charge in [0.25, 0.3) is 11.8 Å². The van der Waals surface area contributed by atoms with E-state index in [1.807, 2.05) is 12.1 Å². The summed E-state index contributed by atoms with van der Waals surface area (Å²) in [6.07, 6.45) is 5.62. The molecule has 3 heterocycles. The molecule has 0 bridgehead atoms. The van der Waals surface area contributed by atoms with Crippen LogP contribution in [0.15, 0.2) is 73.1 Å². The Morgan fingerprint density at radius 3 is 2.62 bits per heavy atom. The molecule has 40 heavy (non-hydrogen) atoms. The van der Waals surface area contributed by atoms with E-state index in [2.05, 4.69) is 16.4 Å². The number of aromatic nitrogens is 2. The molecule has 1 aliphatic heterocycles. The lowest BCUT2D eigenvalue weighted by Gasteiger charge is -2.18. The number of phenols is 1. The molecule has 1 saturated carbocycles. The topological polar surface area (TPSA) is 113 Å². The number of alkyl halides is 1. The van der Waals surface area contributed by atoms with Crippen molar-refractivity contribution < 1.29 is 14.7 Å². The van der Waals surface area contributed by atoms with E-state index in [9.17, 15) is 14.7 Å². The maximum Gasteiger partial charge on any atom is 0.278 e. The molecule has 7 rings (SSSR count). The van der Waals surface area contributed by atoms with Crippen LogP contribution in [0, 0.1) is 0 Å². The minimum absolute atomic E-state index is 0.0594. The van der Waals surface area contributed by atoms with Gasteiger partial charge in [0.15, 0.2) is 0 Å². The van der Waals surface area contributed by atoms with Crippen LogP contribution in [0.25, 0.3) is 16.4 Å². The molecule has 8 nitrogen and oxygen atoms in total. The molecule has 1 fully saturated rings. The molecule has 1 unspecified atom stereocenters. The number of nitrogens with two attached hydrogens (primary N) is 1. The fourth-order valence-corrected chi connectivity index (χ4v) is 5.99. The van der Waals surface area contributed by atoms with Crippen molar-refractivity contribution in [2.24, 2.45) is 0 Å². The lowest BCUT2D eigenvalue weighted by molar-refractivity contribution is 0.0982. The monoisotopic (exact) mass is 551 g/mol. The zero-order valence-corrected chi connectivity index (χ0v) is 22.2. The van der Waals surface area contributed by atoms with Gasteiger partial charge in [-0.3, -0.25) is 9.59 Å². The summed E-state index contributed by atoms with van der Waals surface area (Å²) in [6, 6.07) is 17.9. The smallest absolute Gasteiger partial charge is 0.278 e. The van der Waals surface area contributed by atoms with Crippen molar-refractivity contribution in [3.8, 4) is 5.75 Å². The molecule has 1 atom stereocenters. The molecule has 3 aromatic carbocycles. The molecule has 2 aromatic heterocycles. The molecule has 9 heteroatoms. The first kappa shape index (κ1) is 24.5. The summed E-state index contributed by atoms with van der Waals surface area (Å²) in [4.78, 5) is 32.7. The zero-order valence-electron chi connectivity index (χ0n) is 21.5. The fourth-order valence-electron chi connectivity index (χ4n) is 5.74. The average Bonchev–Trinajstić information content (AvgIpc) is 3.61. The SMILES string of the molecule is Nc1ccc(C(=O)Nc2ccc3nc(C(=O)N4CC(CCl)c5c4cc(O)c4cccc(C6CC6)c54)cn3c2)cc1. The van der Waals surface area contributed by atoms with Gasteiger partial charge in [-0.1, -0.05) is 18.2 Å². The first-order valence-electron chi connectivity index (χ1n) is 13.2. The van der Waals surface area contributed by atoms with Crippen molar-refractivity contribution >= 4 is 56.9 Å². The molecule has 2 amide bonds. The van der Waals surface area contributed by atoms with Gasteiger partial charge in [-0.2, -0.15) is 0 Å². The second-order valence-corrected chi connectivity index (χ2v) is 10.8. The number of phenolic OH excluding ortho intramolecular Hbond substituents is 1. The summed E-state index contributed by atoms with van der Waals surface area (Å²) in [6.45, 7) is 0.409. The number of anilines is 3. The van der Waals surface area contributed by atoms with E-state index >= 15 is 0 Å². The van der Waals surface area contributed by atoms with Gasteiger partial charge in [-0.25, -0.2) is 4.98 Å². The van der Waals surface area contributed by atoms with Crippen LogP contribution < -0.4 is 16.0 Å². The van der Waals surface area contributed by atoms with Crippen molar-refractivity contribution in [1.29, 1.82) is 0 Å². The molecule has 0 radical (unpaired) electrons. The highest BCUT2D eigenvalue weighted by Crippen LogP contribution is 2.51. The summed E-state index contributed by atoms with van der Waals surface area (Å²) in [7, 11) is 0. The second-order valence-electron chi connectivity index (χ2n) is 10.5. The minimum atomic E-state index is -0.271. The Morgan fingerprint density at radius 1 is 1.07 bits per heavy atom. The Hall–Kier alpha value is -4.56. The van der Waals surface area contributed by atoms with E-state index in [0.29, 0.717) is 46.6 Å². The Morgan fingerprint density at radius 2 is 1.88 bits per heavy atom. The summed E-state index contributed by atoms with van der Waals surface area (Å²) >= 11 is 6.45. The van der Waals surface area contributed by atoms with Crippen LogP contribution in [-0.2, 0) is 0 Å². The standard InChI is InChI=1S/C31H26ClN5O3/c32-13-19-14-37(25-12-26(38)23-3-1-2-22(17-4-5-17)29(23)28(19)25)31(40)24-16-36-15-21(10-11-27(36)35-24)34-30(39)18-6-8-20(33)9-7-18/h1-3,6-12,15-17,19,38H,4-5,13-14,33H2,(H,34,39). The van der Waals surface area contributed by atoms with Gasteiger partial charge in [0.1, 0.15) is 17.1 Å². The molecule has 4 N–H and O–H groups in total. The van der Waals surface area contributed by atoms with E-state index in [1.165, 1.54) is 5.56 Å². The van der Waals surface area contributed by atoms with Crippen LogP contribution in [0.3, 0.4) is 0 Å². The molecule has 200 valence electrons. The number of carbonyl (C=O) groups excluding carboxylic acids is 2. The van der Waals surface area contributed by atoms with Gasteiger partial charge < -0.3 is 25.5 Å². The van der Waals surface area contributed by atoms with Crippen molar-refractivity contribution in [3.63, 3.8) is 0 Å². The number of carbonyl (C=O) groups is 2. The number of nitrogens with one attached hydrogen (secondary N) is 1. The molecule has 2 aliphatic rings. The van der Waals surface area contributed by atoms with Gasteiger partial charge in [-0.15, -0.1) is 11.6 Å². The van der Waals surface area contributed by atoms with Gasteiger partial charge in [0.05, 0.1) is 11.4 Å². The number of nitrogen functional groups attached to an aromatic ring is 1. The van der Waals surface area contributed by atoms with Crippen molar-refractivity contribution in [1.82, 2.24) is 9.38 Å². The second kappa shape index (κ2) is 9.27. The lowest BCUT2D eigenvalue weighted by atomic mass is 9.90. The van der Waals surface area contributed by atoms with Crippen LogP contribution in [0.2, 0.25) is 0 Å². The maximum atomic E-state index is 13.8. The number of nitrogens with zero attached hydrogens (tertiary/aromatic N) is 3. The van der Waals surface area contributed by atoms with Crippen molar-refractivity contribution in [2.45, 2.75) is 24.7 Å². The number of hydrogen-bond donors (Lipinski definition) is 3. The lowest BCUT2D eigenvalue weighted by Crippen LogP contribution is -2.30.